The van der Waals surface area contributed by atoms with Crippen LogP contribution in [0.2, 0.25) is 0 Å². The van der Waals surface area contributed by atoms with E-state index >= 15 is 0 Å². The number of hydrogen-bond acceptors (Lipinski definition) is 4. The molecule has 0 unspecified atom stereocenters. The van der Waals surface area contributed by atoms with Crippen molar-refractivity contribution in [2.75, 3.05) is 0 Å². The van der Waals surface area contributed by atoms with E-state index in [1.54, 1.807) is 6.20 Å². The minimum atomic E-state index is 1.05. The molecule has 0 saturated heterocycles. The maximum atomic E-state index is 4.38. The molecular formula is C33H24N6. The van der Waals surface area contributed by atoms with Crippen molar-refractivity contribution in [1.29, 1.82) is 0 Å². The first-order chi connectivity index (χ1) is 19.3. The fourth-order valence-corrected chi connectivity index (χ4v) is 5.23. The second-order valence-electron chi connectivity index (χ2n) is 9.32. The minimum absolute atomic E-state index is 1.05. The van der Waals surface area contributed by atoms with Gasteiger partial charge in [0.05, 0.1) is 28.9 Å². The first-order valence-electron chi connectivity index (χ1n) is 12.8. The summed E-state index contributed by atoms with van der Waals surface area (Å²) in [7, 11) is 0. The molecule has 0 fully saturated rings. The summed E-state index contributed by atoms with van der Waals surface area (Å²) in [5, 5.41) is 3.39. The fraction of sp³-hybridized carbons (Fsp3) is 0.0303. The quantitative estimate of drug-likeness (QED) is 0.228. The topological polar surface area (TPSA) is 60.9 Å². The second kappa shape index (κ2) is 9.50. The molecule has 0 saturated carbocycles. The van der Waals surface area contributed by atoms with Crippen LogP contribution in [0, 0.1) is 0 Å². The number of benzene rings is 2. The van der Waals surface area contributed by atoms with Gasteiger partial charge in [0, 0.05) is 76.5 Å². The van der Waals surface area contributed by atoms with Gasteiger partial charge < -0.3 is 9.13 Å². The van der Waals surface area contributed by atoms with E-state index in [9.17, 15) is 0 Å². The average molecular weight is 505 g/mol. The predicted molar refractivity (Wildman–Crippen MR) is 159 cm³/mol. The third-order valence-corrected chi connectivity index (χ3v) is 7.06. The van der Waals surface area contributed by atoms with Gasteiger partial charge in [0.25, 0.3) is 0 Å². The summed E-state index contributed by atoms with van der Waals surface area (Å²) in [5.41, 5.74) is 8.77. The monoisotopic (exact) mass is 504 g/mol. The van der Waals surface area contributed by atoms with Crippen LogP contribution in [-0.2, 0) is 0 Å². The summed E-state index contributed by atoms with van der Waals surface area (Å²) in [4.78, 5) is 17.4. The van der Waals surface area contributed by atoms with Crippen molar-refractivity contribution in [2.45, 2.75) is 6.92 Å². The molecule has 0 aliphatic rings. The van der Waals surface area contributed by atoms with Crippen LogP contribution < -0.4 is 0 Å². The molecule has 186 valence electrons. The van der Waals surface area contributed by atoms with E-state index in [4.69, 9.17) is 0 Å². The van der Waals surface area contributed by atoms with Crippen molar-refractivity contribution in [3.63, 3.8) is 0 Å². The van der Waals surface area contributed by atoms with E-state index in [-0.39, 0.29) is 0 Å². The number of nitrogens with zero attached hydrogens (tertiary/aromatic N) is 6. The smallest absolute Gasteiger partial charge is 0.0725 e. The SMILES string of the molecule is C/C=C\N=Cc1cn(-c2ccc(-c3ccc(-n4c5ccncc5c5ccncc54)cc3)cc2)c2cnccc12. The molecule has 0 radical (unpaired) electrons. The summed E-state index contributed by atoms with van der Waals surface area (Å²) in [6.45, 7) is 1.96. The van der Waals surface area contributed by atoms with Gasteiger partial charge in [-0.1, -0.05) is 30.3 Å². The molecule has 0 spiro atoms. The number of aliphatic imine (C=N–C) groups is 1. The van der Waals surface area contributed by atoms with Gasteiger partial charge in [-0.05, 0) is 60.5 Å². The Labute approximate surface area is 225 Å². The minimum Gasteiger partial charge on any atom is -0.314 e. The maximum Gasteiger partial charge on any atom is 0.0725 e. The van der Waals surface area contributed by atoms with Crippen LogP contribution in [0.3, 0.4) is 0 Å². The lowest BCUT2D eigenvalue weighted by Gasteiger charge is -2.10. The average Bonchev–Trinajstić information content (AvgIpc) is 3.54. The first kappa shape index (κ1) is 22.8. The Morgan fingerprint density at radius 3 is 2.00 bits per heavy atom. The van der Waals surface area contributed by atoms with Crippen LogP contribution in [-0.4, -0.2) is 30.3 Å². The first-order valence-corrected chi connectivity index (χ1v) is 12.8. The molecule has 2 aromatic carbocycles. The normalized spacial score (nSPS) is 12.0. The second-order valence-corrected chi connectivity index (χ2v) is 9.32. The summed E-state index contributed by atoms with van der Waals surface area (Å²) >= 11 is 0. The predicted octanol–water partition coefficient (Wildman–Crippen LogP) is 7.53. The van der Waals surface area contributed by atoms with Crippen LogP contribution in [0.15, 0.2) is 127 Å². The maximum absolute atomic E-state index is 4.38. The molecule has 0 N–H and O–H groups in total. The Hall–Kier alpha value is -5.36. The summed E-state index contributed by atoms with van der Waals surface area (Å²) < 4.78 is 4.41. The highest BCUT2D eigenvalue weighted by Crippen LogP contribution is 2.32. The Bertz CT molecular complexity index is 1960. The molecule has 6 heteroatoms. The van der Waals surface area contributed by atoms with E-state index in [1.807, 2.05) is 68.5 Å². The molecule has 0 aliphatic carbocycles. The van der Waals surface area contributed by atoms with Gasteiger partial charge in [0.2, 0.25) is 0 Å². The van der Waals surface area contributed by atoms with Crippen molar-refractivity contribution < 1.29 is 0 Å². The molecule has 0 aliphatic heterocycles. The van der Waals surface area contributed by atoms with Gasteiger partial charge in [0.15, 0.2) is 0 Å². The van der Waals surface area contributed by atoms with Gasteiger partial charge in [-0.2, -0.15) is 0 Å². The Balaban J connectivity index is 1.23. The molecule has 39 heavy (non-hydrogen) atoms. The number of rotatable bonds is 5. The van der Waals surface area contributed by atoms with Crippen molar-refractivity contribution in [3.05, 3.63) is 128 Å². The Morgan fingerprint density at radius 2 is 1.26 bits per heavy atom. The Morgan fingerprint density at radius 1 is 0.615 bits per heavy atom. The number of allylic oxidation sites excluding steroid dienone is 1. The zero-order chi connectivity index (χ0) is 26.2. The van der Waals surface area contributed by atoms with Crippen molar-refractivity contribution in [1.82, 2.24) is 24.1 Å². The highest BCUT2D eigenvalue weighted by Gasteiger charge is 2.13. The fourth-order valence-electron chi connectivity index (χ4n) is 5.23. The summed E-state index contributed by atoms with van der Waals surface area (Å²) in [6, 6.07) is 23.4. The zero-order valence-corrected chi connectivity index (χ0v) is 21.3. The van der Waals surface area contributed by atoms with Crippen LogP contribution in [0.4, 0.5) is 0 Å². The lowest BCUT2D eigenvalue weighted by atomic mass is 10.0. The highest BCUT2D eigenvalue weighted by atomic mass is 15.0. The van der Waals surface area contributed by atoms with E-state index in [0.29, 0.717) is 0 Å². The van der Waals surface area contributed by atoms with Crippen LogP contribution in [0.25, 0.3) is 55.2 Å². The van der Waals surface area contributed by atoms with Crippen LogP contribution in [0.1, 0.15) is 12.5 Å². The van der Waals surface area contributed by atoms with Crippen LogP contribution in [0.5, 0.6) is 0 Å². The van der Waals surface area contributed by atoms with Gasteiger partial charge in [-0.15, -0.1) is 0 Å². The molecule has 5 aromatic heterocycles. The lowest BCUT2D eigenvalue weighted by Crippen LogP contribution is -1.94. The number of fused-ring (bicyclic) bond motifs is 4. The number of pyridine rings is 3. The van der Waals surface area contributed by atoms with E-state index in [2.05, 4.69) is 89.9 Å². The molecular weight excluding hydrogens is 480 g/mol. The Kier molecular flexibility index (Phi) is 5.56. The van der Waals surface area contributed by atoms with Crippen molar-refractivity contribution >= 4 is 38.9 Å². The van der Waals surface area contributed by atoms with E-state index in [0.717, 1.165) is 60.8 Å². The summed E-state index contributed by atoms with van der Waals surface area (Å²) in [6.07, 6.45) is 18.9. The third kappa shape index (κ3) is 3.90. The van der Waals surface area contributed by atoms with Gasteiger partial charge in [-0.25, -0.2) is 0 Å². The highest BCUT2D eigenvalue weighted by molar-refractivity contribution is 6.08. The molecule has 7 aromatic rings. The standard InChI is InChI=1S/C33H24N6/c1-2-14-34-18-25-22-38(32-20-36-15-11-28(25)32)26-7-3-23(4-8-26)24-5-9-27(10-6-24)39-31-13-17-35-19-30(31)29-12-16-37-21-33(29)39/h2-22H,1H3/b14-2-,34-18?. The van der Waals surface area contributed by atoms with E-state index < -0.39 is 0 Å². The molecule has 6 nitrogen and oxygen atoms in total. The molecule has 5 heterocycles. The largest absolute Gasteiger partial charge is 0.314 e. The van der Waals surface area contributed by atoms with Gasteiger partial charge in [-0.3, -0.25) is 19.9 Å². The molecule has 0 bridgehead atoms. The molecule has 7 rings (SSSR count). The summed E-state index contributed by atoms with van der Waals surface area (Å²) in [5.74, 6) is 0. The molecule has 0 amide bonds. The molecule has 0 atom stereocenters. The van der Waals surface area contributed by atoms with Crippen LogP contribution >= 0.6 is 0 Å². The lowest BCUT2D eigenvalue weighted by molar-refractivity contribution is 1.12. The van der Waals surface area contributed by atoms with Gasteiger partial charge >= 0.3 is 0 Å². The number of hydrogen-bond donors (Lipinski definition) is 0. The third-order valence-electron chi connectivity index (χ3n) is 7.06. The zero-order valence-electron chi connectivity index (χ0n) is 21.3. The van der Waals surface area contributed by atoms with Gasteiger partial charge in [0.1, 0.15) is 0 Å². The van der Waals surface area contributed by atoms with Crippen molar-refractivity contribution in [3.8, 4) is 22.5 Å². The van der Waals surface area contributed by atoms with Crippen molar-refractivity contribution in [2.24, 2.45) is 4.99 Å². The number of aromatic nitrogens is 5. The van der Waals surface area contributed by atoms with E-state index in [1.165, 1.54) is 0 Å².